The van der Waals surface area contributed by atoms with Crippen LogP contribution in [0.25, 0.3) is 0 Å². The van der Waals surface area contributed by atoms with Crippen molar-refractivity contribution in [3.8, 4) is 5.75 Å². The lowest BCUT2D eigenvalue weighted by atomic mass is 10.1. The third-order valence-electron chi connectivity index (χ3n) is 4.22. The second-order valence-corrected chi connectivity index (χ2v) is 6.69. The standard InChI is InChI=1S/C22H27N3O4/c1-3-4-5-17-6-8-18(9-7-17)24-25-19-10-12-20(13-11-19)29-15-14-21(26)23-16(2)22(27)28/h6-13,16H,3-5,14-15H2,1-2H3,(H,23,26)(H,27,28)/t16-/m0/s1. The van der Waals surface area contributed by atoms with Crippen molar-refractivity contribution in [1.29, 1.82) is 0 Å². The van der Waals surface area contributed by atoms with Crippen LogP contribution in [0, 0.1) is 0 Å². The molecule has 0 bridgehead atoms. The van der Waals surface area contributed by atoms with Gasteiger partial charge in [0, 0.05) is 0 Å². The fraction of sp³-hybridized carbons (Fsp3) is 0.364. The van der Waals surface area contributed by atoms with Crippen molar-refractivity contribution in [2.45, 2.75) is 45.6 Å². The van der Waals surface area contributed by atoms with Gasteiger partial charge in [0.25, 0.3) is 0 Å². The number of nitrogens with zero attached hydrogens (tertiary/aromatic N) is 2. The molecule has 0 saturated carbocycles. The molecule has 0 aliphatic rings. The molecule has 29 heavy (non-hydrogen) atoms. The summed E-state index contributed by atoms with van der Waals surface area (Å²) in [6.45, 7) is 3.75. The van der Waals surface area contributed by atoms with Crippen LogP contribution < -0.4 is 10.1 Å². The van der Waals surface area contributed by atoms with Crippen LogP contribution in [0.5, 0.6) is 5.75 Å². The van der Waals surface area contributed by atoms with Crippen molar-refractivity contribution in [1.82, 2.24) is 5.32 Å². The van der Waals surface area contributed by atoms with Crippen molar-refractivity contribution < 1.29 is 19.4 Å². The Morgan fingerprint density at radius 1 is 1.03 bits per heavy atom. The van der Waals surface area contributed by atoms with Crippen LogP contribution in [0.3, 0.4) is 0 Å². The van der Waals surface area contributed by atoms with E-state index in [4.69, 9.17) is 9.84 Å². The Kier molecular flexibility index (Phi) is 8.82. The first-order chi connectivity index (χ1) is 14.0. The monoisotopic (exact) mass is 397 g/mol. The third-order valence-corrected chi connectivity index (χ3v) is 4.22. The normalized spacial score (nSPS) is 11.9. The summed E-state index contributed by atoms with van der Waals surface area (Å²) in [5, 5.41) is 19.6. The van der Waals surface area contributed by atoms with Crippen molar-refractivity contribution in [3.05, 3.63) is 54.1 Å². The zero-order valence-corrected chi connectivity index (χ0v) is 16.8. The van der Waals surface area contributed by atoms with Crippen LogP contribution in [-0.4, -0.2) is 29.6 Å². The lowest BCUT2D eigenvalue weighted by Gasteiger charge is -2.10. The van der Waals surface area contributed by atoms with Crippen molar-refractivity contribution in [2.24, 2.45) is 10.2 Å². The molecule has 2 aromatic carbocycles. The SMILES string of the molecule is CCCCc1ccc(N=Nc2ccc(OCCC(=O)N[C@@H](C)C(=O)O)cc2)cc1. The Morgan fingerprint density at radius 3 is 2.17 bits per heavy atom. The summed E-state index contributed by atoms with van der Waals surface area (Å²) in [5.41, 5.74) is 2.80. The van der Waals surface area contributed by atoms with E-state index >= 15 is 0 Å². The molecule has 1 atom stereocenters. The molecule has 154 valence electrons. The summed E-state index contributed by atoms with van der Waals surface area (Å²) >= 11 is 0. The molecule has 2 N–H and O–H groups in total. The van der Waals surface area contributed by atoms with E-state index in [0.29, 0.717) is 11.4 Å². The van der Waals surface area contributed by atoms with Crippen molar-refractivity contribution in [2.75, 3.05) is 6.61 Å². The van der Waals surface area contributed by atoms with Gasteiger partial charge in [0.1, 0.15) is 11.8 Å². The number of unbranched alkanes of at least 4 members (excludes halogenated alkanes) is 1. The Morgan fingerprint density at radius 2 is 1.62 bits per heavy atom. The van der Waals surface area contributed by atoms with Gasteiger partial charge in [-0.1, -0.05) is 25.5 Å². The topological polar surface area (TPSA) is 100 Å². The number of carboxylic acid groups (broad SMARTS) is 1. The number of carbonyl (C=O) groups is 2. The summed E-state index contributed by atoms with van der Waals surface area (Å²) < 4.78 is 5.50. The first-order valence-electron chi connectivity index (χ1n) is 9.73. The molecule has 0 heterocycles. The molecule has 7 heteroatoms. The number of carboxylic acids is 1. The van der Waals surface area contributed by atoms with Gasteiger partial charge in [-0.05, 0) is 61.7 Å². The third kappa shape index (κ3) is 8.13. The number of amides is 1. The molecule has 0 unspecified atom stereocenters. The van der Waals surface area contributed by atoms with E-state index in [9.17, 15) is 9.59 Å². The van der Waals surface area contributed by atoms with Crippen LogP contribution in [0.15, 0.2) is 58.8 Å². The van der Waals surface area contributed by atoms with Gasteiger partial charge in [0.2, 0.25) is 5.91 Å². The van der Waals surface area contributed by atoms with E-state index in [1.165, 1.54) is 25.3 Å². The number of aliphatic carboxylic acids is 1. The molecule has 0 aliphatic carbocycles. The van der Waals surface area contributed by atoms with Gasteiger partial charge in [0.15, 0.2) is 0 Å². The molecule has 2 rings (SSSR count). The predicted octanol–water partition coefficient (Wildman–Crippen LogP) is 4.80. The highest BCUT2D eigenvalue weighted by Crippen LogP contribution is 2.22. The molecule has 1 amide bonds. The molecule has 2 aromatic rings. The Labute approximate surface area is 170 Å². The second kappa shape index (κ2) is 11.6. The van der Waals surface area contributed by atoms with Crippen LogP contribution >= 0.6 is 0 Å². The highest BCUT2D eigenvalue weighted by molar-refractivity contribution is 5.83. The minimum absolute atomic E-state index is 0.0767. The van der Waals surface area contributed by atoms with E-state index in [-0.39, 0.29) is 18.9 Å². The predicted molar refractivity (Wildman–Crippen MR) is 111 cm³/mol. The summed E-state index contributed by atoms with van der Waals surface area (Å²) in [4.78, 5) is 22.3. The van der Waals surface area contributed by atoms with E-state index < -0.39 is 12.0 Å². The molecular formula is C22H27N3O4. The summed E-state index contributed by atoms with van der Waals surface area (Å²) in [6.07, 6.45) is 3.52. The van der Waals surface area contributed by atoms with Crippen molar-refractivity contribution >= 4 is 23.3 Å². The molecule has 7 nitrogen and oxygen atoms in total. The van der Waals surface area contributed by atoms with Gasteiger partial charge < -0.3 is 15.2 Å². The first-order valence-corrected chi connectivity index (χ1v) is 9.73. The fourth-order valence-corrected chi connectivity index (χ4v) is 2.47. The fourth-order valence-electron chi connectivity index (χ4n) is 2.47. The number of azo groups is 1. The first kappa shape index (κ1) is 22.1. The van der Waals surface area contributed by atoms with Gasteiger partial charge in [-0.25, -0.2) is 0 Å². The molecular weight excluding hydrogens is 370 g/mol. The number of hydrogen-bond acceptors (Lipinski definition) is 5. The quantitative estimate of drug-likeness (QED) is 0.532. The average molecular weight is 397 g/mol. The molecule has 0 fully saturated rings. The average Bonchev–Trinajstić information content (AvgIpc) is 2.72. The smallest absolute Gasteiger partial charge is 0.325 e. The molecule has 0 saturated heterocycles. The highest BCUT2D eigenvalue weighted by Gasteiger charge is 2.13. The maximum atomic E-state index is 11.6. The molecule has 0 aliphatic heterocycles. The lowest BCUT2D eigenvalue weighted by Crippen LogP contribution is -2.38. The summed E-state index contributed by atoms with van der Waals surface area (Å²) in [6, 6.07) is 14.2. The molecule has 0 aromatic heterocycles. The van der Waals surface area contributed by atoms with Gasteiger partial charge in [-0.3, -0.25) is 9.59 Å². The Bertz CT molecular complexity index is 817. The number of nitrogens with one attached hydrogen (secondary N) is 1. The summed E-state index contributed by atoms with van der Waals surface area (Å²) in [5.74, 6) is -0.842. The van der Waals surface area contributed by atoms with E-state index in [1.807, 2.05) is 12.1 Å². The Hall–Kier alpha value is -3.22. The van der Waals surface area contributed by atoms with Gasteiger partial charge in [-0.15, -0.1) is 0 Å². The number of benzene rings is 2. The Balaban J connectivity index is 1.78. The minimum Gasteiger partial charge on any atom is -0.493 e. The number of carbonyl (C=O) groups excluding carboxylic acids is 1. The van der Waals surface area contributed by atoms with Crippen LogP contribution in [0.1, 0.15) is 38.7 Å². The maximum Gasteiger partial charge on any atom is 0.325 e. The number of hydrogen-bond donors (Lipinski definition) is 2. The zero-order chi connectivity index (χ0) is 21.1. The second-order valence-electron chi connectivity index (χ2n) is 6.69. The van der Waals surface area contributed by atoms with Crippen molar-refractivity contribution in [3.63, 3.8) is 0 Å². The number of rotatable bonds is 11. The van der Waals surface area contributed by atoms with Crippen LogP contribution in [-0.2, 0) is 16.0 Å². The maximum absolute atomic E-state index is 11.6. The van der Waals surface area contributed by atoms with Crippen LogP contribution in [0.4, 0.5) is 11.4 Å². The van der Waals surface area contributed by atoms with E-state index in [2.05, 4.69) is 34.6 Å². The largest absolute Gasteiger partial charge is 0.493 e. The zero-order valence-electron chi connectivity index (χ0n) is 16.8. The highest BCUT2D eigenvalue weighted by atomic mass is 16.5. The van der Waals surface area contributed by atoms with Gasteiger partial charge in [-0.2, -0.15) is 10.2 Å². The summed E-state index contributed by atoms with van der Waals surface area (Å²) in [7, 11) is 0. The van der Waals surface area contributed by atoms with Gasteiger partial charge in [0.05, 0.1) is 24.4 Å². The van der Waals surface area contributed by atoms with Crippen LogP contribution in [0.2, 0.25) is 0 Å². The van der Waals surface area contributed by atoms with E-state index in [0.717, 1.165) is 12.1 Å². The van der Waals surface area contributed by atoms with Gasteiger partial charge >= 0.3 is 5.97 Å². The molecule has 0 radical (unpaired) electrons. The minimum atomic E-state index is -1.07. The molecule has 0 spiro atoms. The number of aryl methyl sites for hydroxylation is 1. The van der Waals surface area contributed by atoms with E-state index in [1.54, 1.807) is 24.3 Å². The lowest BCUT2D eigenvalue weighted by molar-refractivity contribution is -0.141. The number of ether oxygens (including phenoxy) is 1.